The maximum Gasteiger partial charge on any atom is 0.238 e. The standard InChI is InChI=1S/C12H12BrClN2O/c1-7(2)11(13)12(17)16-9-4-3-8(6-15)10(14)5-9/h3-5,7,11H,1-2H3,(H,16,17). The number of nitrogens with one attached hydrogen (secondary N) is 1. The molecule has 0 aliphatic carbocycles. The molecule has 0 heterocycles. The van der Waals surface area contributed by atoms with Crippen molar-refractivity contribution in [2.24, 2.45) is 5.92 Å². The van der Waals surface area contributed by atoms with E-state index in [-0.39, 0.29) is 16.7 Å². The van der Waals surface area contributed by atoms with Crippen LogP contribution in [0, 0.1) is 17.2 Å². The Balaban J connectivity index is 2.80. The van der Waals surface area contributed by atoms with Crippen molar-refractivity contribution in [2.75, 3.05) is 5.32 Å². The van der Waals surface area contributed by atoms with Crippen molar-refractivity contribution in [1.29, 1.82) is 5.26 Å². The van der Waals surface area contributed by atoms with Crippen LogP contribution < -0.4 is 5.32 Å². The number of hydrogen-bond acceptors (Lipinski definition) is 2. The average Bonchev–Trinajstić information content (AvgIpc) is 2.28. The Labute approximate surface area is 114 Å². The van der Waals surface area contributed by atoms with Gasteiger partial charge in [-0.15, -0.1) is 0 Å². The van der Waals surface area contributed by atoms with E-state index < -0.39 is 0 Å². The molecule has 0 saturated heterocycles. The Hall–Kier alpha value is -1.05. The lowest BCUT2D eigenvalue weighted by molar-refractivity contribution is -0.116. The summed E-state index contributed by atoms with van der Waals surface area (Å²) in [7, 11) is 0. The Morgan fingerprint density at radius 3 is 2.65 bits per heavy atom. The lowest BCUT2D eigenvalue weighted by atomic mass is 10.1. The largest absolute Gasteiger partial charge is 0.325 e. The molecule has 0 saturated carbocycles. The normalized spacial score (nSPS) is 12.0. The third-order valence-electron chi connectivity index (χ3n) is 2.19. The van der Waals surface area contributed by atoms with Gasteiger partial charge >= 0.3 is 0 Å². The van der Waals surface area contributed by atoms with E-state index in [9.17, 15) is 4.79 Å². The lowest BCUT2D eigenvalue weighted by Gasteiger charge is -2.14. The van der Waals surface area contributed by atoms with Crippen LogP contribution in [0.1, 0.15) is 19.4 Å². The Kier molecular flexibility index (Phi) is 4.98. The maximum atomic E-state index is 11.8. The topological polar surface area (TPSA) is 52.9 Å². The van der Waals surface area contributed by atoms with E-state index in [0.29, 0.717) is 16.3 Å². The number of benzene rings is 1. The summed E-state index contributed by atoms with van der Waals surface area (Å²) in [5, 5.41) is 11.8. The third kappa shape index (κ3) is 3.72. The molecule has 0 bridgehead atoms. The van der Waals surface area contributed by atoms with E-state index in [0.717, 1.165) is 0 Å². The molecule has 0 radical (unpaired) electrons. The van der Waals surface area contributed by atoms with Gasteiger partial charge in [0.1, 0.15) is 6.07 Å². The fourth-order valence-electron chi connectivity index (χ4n) is 1.20. The van der Waals surface area contributed by atoms with Crippen LogP contribution in [0.25, 0.3) is 0 Å². The summed E-state index contributed by atoms with van der Waals surface area (Å²) in [6.45, 7) is 3.90. The predicted molar refractivity (Wildman–Crippen MR) is 72.3 cm³/mol. The minimum absolute atomic E-state index is 0.124. The Morgan fingerprint density at radius 2 is 2.18 bits per heavy atom. The summed E-state index contributed by atoms with van der Waals surface area (Å²) in [6.07, 6.45) is 0. The molecule has 1 aromatic carbocycles. The van der Waals surface area contributed by atoms with Crippen LogP contribution in [-0.4, -0.2) is 10.7 Å². The molecule has 1 aromatic rings. The van der Waals surface area contributed by atoms with Crippen LogP contribution in [-0.2, 0) is 4.79 Å². The minimum atomic E-state index is -0.253. The van der Waals surface area contributed by atoms with Gasteiger partial charge in [-0.3, -0.25) is 4.79 Å². The highest BCUT2D eigenvalue weighted by Gasteiger charge is 2.18. The van der Waals surface area contributed by atoms with Gasteiger partial charge in [0, 0.05) is 5.69 Å². The molecular weight excluding hydrogens is 304 g/mol. The second-order valence-electron chi connectivity index (χ2n) is 3.94. The van der Waals surface area contributed by atoms with Gasteiger partial charge in [0.2, 0.25) is 5.91 Å². The molecule has 0 aromatic heterocycles. The molecular formula is C12H12BrClN2O. The van der Waals surface area contributed by atoms with Crippen molar-refractivity contribution in [2.45, 2.75) is 18.7 Å². The summed E-state index contributed by atoms with van der Waals surface area (Å²) < 4.78 is 0. The highest BCUT2D eigenvalue weighted by molar-refractivity contribution is 9.10. The molecule has 0 spiro atoms. The highest BCUT2D eigenvalue weighted by Crippen LogP contribution is 2.21. The lowest BCUT2D eigenvalue weighted by Crippen LogP contribution is -2.26. The first-order valence-corrected chi connectivity index (χ1v) is 6.39. The van der Waals surface area contributed by atoms with Crippen molar-refractivity contribution in [3.05, 3.63) is 28.8 Å². The first-order valence-electron chi connectivity index (χ1n) is 5.10. The first-order chi connectivity index (χ1) is 7.95. The molecule has 5 heteroatoms. The number of carbonyl (C=O) groups is 1. The van der Waals surface area contributed by atoms with E-state index in [1.165, 1.54) is 0 Å². The van der Waals surface area contributed by atoms with Gasteiger partial charge in [-0.05, 0) is 24.1 Å². The van der Waals surface area contributed by atoms with Gasteiger partial charge in [-0.1, -0.05) is 41.4 Å². The number of rotatable bonds is 3. The summed E-state index contributed by atoms with van der Waals surface area (Å²) in [5.74, 6) is 0.0737. The van der Waals surface area contributed by atoms with Crippen molar-refractivity contribution < 1.29 is 4.79 Å². The zero-order valence-electron chi connectivity index (χ0n) is 9.50. The number of anilines is 1. The molecule has 1 amide bonds. The molecule has 90 valence electrons. The number of alkyl halides is 1. The fraction of sp³-hybridized carbons (Fsp3) is 0.333. The first kappa shape index (κ1) is 14.0. The zero-order chi connectivity index (χ0) is 13.0. The summed E-state index contributed by atoms with van der Waals surface area (Å²) in [5.41, 5.74) is 0.980. The van der Waals surface area contributed by atoms with Crippen LogP contribution in [0.3, 0.4) is 0 Å². The number of carbonyl (C=O) groups excluding carboxylic acids is 1. The SMILES string of the molecule is CC(C)C(Br)C(=O)Nc1ccc(C#N)c(Cl)c1. The van der Waals surface area contributed by atoms with E-state index in [4.69, 9.17) is 16.9 Å². The number of amides is 1. The number of hydrogen-bond donors (Lipinski definition) is 1. The molecule has 3 nitrogen and oxygen atoms in total. The zero-order valence-corrected chi connectivity index (χ0v) is 11.8. The van der Waals surface area contributed by atoms with Crippen LogP contribution >= 0.6 is 27.5 Å². The summed E-state index contributed by atoms with van der Waals surface area (Å²) in [4.78, 5) is 11.5. The Morgan fingerprint density at radius 1 is 1.53 bits per heavy atom. The number of nitrogens with zero attached hydrogens (tertiary/aromatic N) is 1. The van der Waals surface area contributed by atoms with Gasteiger partial charge < -0.3 is 5.32 Å². The van der Waals surface area contributed by atoms with Crippen molar-refractivity contribution in [1.82, 2.24) is 0 Å². The van der Waals surface area contributed by atoms with E-state index >= 15 is 0 Å². The molecule has 1 N–H and O–H groups in total. The van der Waals surface area contributed by atoms with Crippen LogP contribution in [0.15, 0.2) is 18.2 Å². The molecule has 0 fully saturated rings. The molecule has 1 rings (SSSR count). The van der Waals surface area contributed by atoms with Gasteiger partial charge in [-0.25, -0.2) is 0 Å². The van der Waals surface area contributed by atoms with Crippen LogP contribution in [0.5, 0.6) is 0 Å². The Bertz CT molecular complexity index is 468. The minimum Gasteiger partial charge on any atom is -0.325 e. The number of nitriles is 1. The van der Waals surface area contributed by atoms with Gasteiger partial charge in [0.15, 0.2) is 0 Å². The molecule has 0 aliphatic rings. The smallest absolute Gasteiger partial charge is 0.238 e. The van der Waals surface area contributed by atoms with E-state index in [1.54, 1.807) is 18.2 Å². The van der Waals surface area contributed by atoms with E-state index in [1.807, 2.05) is 19.9 Å². The third-order valence-corrected chi connectivity index (χ3v) is 3.98. The van der Waals surface area contributed by atoms with Gasteiger partial charge in [0.05, 0.1) is 15.4 Å². The summed E-state index contributed by atoms with van der Waals surface area (Å²) >= 11 is 9.18. The molecule has 0 aliphatic heterocycles. The van der Waals surface area contributed by atoms with Crippen LogP contribution in [0.4, 0.5) is 5.69 Å². The van der Waals surface area contributed by atoms with Crippen molar-refractivity contribution in [3.8, 4) is 6.07 Å². The quantitative estimate of drug-likeness (QED) is 0.867. The summed E-state index contributed by atoms with van der Waals surface area (Å²) in [6, 6.07) is 6.77. The fourth-order valence-corrected chi connectivity index (χ4v) is 1.53. The van der Waals surface area contributed by atoms with Gasteiger partial charge in [-0.2, -0.15) is 5.26 Å². The molecule has 17 heavy (non-hydrogen) atoms. The molecule has 1 unspecified atom stereocenters. The second kappa shape index (κ2) is 6.04. The van der Waals surface area contributed by atoms with Crippen molar-refractivity contribution >= 4 is 39.1 Å². The monoisotopic (exact) mass is 314 g/mol. The van der Waals surface area contributed by atoms with Crippen molar-refractivity contribution in [3.63, 3.8) is 0 Å². The predicted octanol–water partition coefficient (Wildman–Crippen LogP) is 3.57. The number of halogens is 2. The van der Waals surface area contributed by atoms with Crippen LogP contribution in [0.2, 0.25) is 5.02 Å². The second-order valence-corrected chi connectivity index (χ2v) is 5.34. The molecule has 1 atom stereocenters. The average molecular weight is 316 g/mol. The van der Waals surface area contributed by atoms with Gasteiger partial charge in [0.25, 0.3) is 0 Å². The van der Waals surface area contributed by atoms with E-state index in [2.05, 4.69) is 21.2 Å². The highest BCUT2D eigenvalue weighted by atomic mass is 79.9. The maximum absolute atomic E-state index is 11.8.